The first-order valence-corrected chi connectivity index (χ1v) is 12.8. The number of fused-ring (bicyclic) bond motifs is 1. The summed E-state index contributed by atoms with van der Waals surface area (Å²) < 4.78 is 38.0. The minimum Gasteiger partial charge on any atom is -0.870 e. The van der Waals surface area contributed by atoms with Crippen LogP contribution in [0.2, 0.25) is 10.0 Å². The van der Waals surface area contributed by atoms with Crippen LogP contribution in [0.1, 0.15) is 15.9 Å². The fraction of sp³-hybridized carbons (Fsp3) is 0.0800. The van der Waals surface area contributed by atoms with Crippen LogP contribution in [0.3, 0.4) is 0 Å². The van der Waals surface area contributed by atoms with Crippen molar-refractivity contribution in [3.8, 4) is 11.5 Å². The molecule has 4 aromatic rings. The van der Waals surface area contributed by atoms with Crippen LogP contribution in [0.15, 0.2) is 75.8 Å². The Bertz CT molecular complexity index is 1700. The summed E-state index contributed by atoms with van der Waals surface area (Å²) in [5.41, 5.74) is 0.242. The molecule has 0 heterocycles. The van der Waals surface area contributed by atoms with E-state index in [9.17, 15) is 22.9 Å². The van der Waals surface area contributed by atoms with Crippen molar-refractivity contribution in [1.82, 2.24) is 0 Å². The van der Waals surface area contributed by atoms with Crippen LogP contribution in [-0.2, 0) is 10.1 Å². The molecule has 0 aromatic heterocycles. The Labute approximate surface area is 250 Å². The second kappa shape index (κ2) is 12.0. The van der Waals surface area contributed by atoms with Crippen molar-refractivity contribution >= 4 is 67.1 Å². The first kappa shape index (κ1) is 29.9. The zero-order chi connectivity index (χ0) is 26.9. The Balaban J connectivity index is 0.00000400. The molecule has 0 atom stereocenters. The molecule has 0 saturated carbocycles. The van der Waals surface area contributed by atoms with E-state index in [2.05, 4.69) is 15.5 Å². The van der Waals surface area contributed by atoms with Crippen LogP contribution in [0.25, 0.3) is 10.8 Å². The number of nitrogens with zero attached hydrogens (tertiary/aromatic N) is 2. The maximum atomic E-state index is 13.4. The normalized spacial score (nSPS) is 11.4. The molecule has 0 aliphatic rings. The largest absolute Gasteiger partial charge is 1.00 e. The number of benzene rings is 4. The average molecular weight is 582 g/mol. The Morgan fingerprint density at radius 2 is 1.74 bits per heavy atom. The van der Waals surface area contributed by atoms with Crippen molar-refractivity contribution in [3.05, 3.63) is 81.8 Å². The number of carbonyl (C=O) groups is 1. The van der Waals surface area contributed by atoms with Gasteiger partial charge in [-0.1, -0.05) is 59.3 Å². The van der Waals surface area contributed by atoms with Crippen molar-refractivity contribution < 1.29 is 57.2 Å². The van der Waals surface area contributed by atoms with Gasteiger partial charge >= 0.3 is 29.6 Å². The molecule has 4 rings (SSSR count). The van der Waals surface area contributed by atoms with E-state index in [1.807, 2.05) is 0 Å². The fourth-order valence-corrected chi connectivity index (χ4v) is 4.91. The van der Waals surface area contributed by atoms with Crippen LogP contribution in [0, 0.1) is 6.92 Å². The van der Waals surface area contributed by atoms with E-state index in [0.717, 1.165) is 6.07 Å². The number of anilines is 1. The van der Waals surface area contributed by atoms with Gasteiger partial charge in [0.25, 0.3) is 16.0 Å². The molecule has 0 aliphatic heterocycles. The second-order valence-electron chi connectivity index (χ2n) is 7.85. The van der Waals surface area contributed by atoms with Crippen molar-refractivity contribution in [3.63, 3.8) is 0 Å². The van der Waals surface area contributed by atoms with Crippen LogP contribution in [0.5, 0.6) is 11.5 Å². The molecule has 0 spiro atoms. The molecule has 0 saturated heterocycles. The third-order valence-corrected chi connectivity index (χ3v) is 7.28. The minimum atomic E-state index is -4.63. The maximum Gasteiger partial charge on any atom is 1.00 e. The van der Waals surface area contributed by atoms with Gasteiger partial charge in [-0.2, -0.15) is 18.6 Å². The Morgan fingerprint density at radius 3 is 2.42 bits per heavy atom. The third kappa shape index (κ3) is 6.13. The molecule has 2 N–H and O–H groups in total. The molecule has 0 aliphatic carbocycles. The minimum absolute atomic E-state index is 0. The van der Waals surface area contributed by atoms with Gasteiger partial charge < -0.3 is 15.2 Å². The summed E-state index contributed by atoms with van der Waals surface area (Å²) in [4.78, 5) is 12.6. The summed E-state index contributed by atoms with van der Waals surface area (Å²) in [6, 6.07) is 15.5. The zero-order valence-corrected chi connectivity index (χ0v) is 24.6. The smallest absolute Gasteiger partial charge is 0.870 e. The molecule has 0 radical (unpaired) electrons. The molecule has 9 nitrogen and oxygen atoms in total. The number of azo groups is 1. The van der Waals surface area contributed by atoms with E-state index in [0.29, 0.717) is 22.1 Å². The molecular formula is C25H18Cl2N3NaO6S. The van der Waals surface area contributed by atoms with E-state index in [1.54, 1.807) is 42.5 Å². The first-order chi connectivity index (χ1) is 17.5. The Kier molecular flexibility index (Phi) is 9.43. The summed E-state index contributed by atoms with van der Waals surface area (Å²) >= 11 is 12.3. The third-order valence-electron chi connectivity index (χ3n) is 5.40. The van der Waals surface area contributed by atoms with Gasteiger partial charge in [0.1, 0.15) is 15.7 Å². The SMILES string of the molecule is COc1cccc(NC(=O)c2cc3ccccc3c(N=Nc3cc(C)c(Cl)c(S(=O)(=O)O)c3)c2[O-])c1Cl.[Na+]. The molecular weight excluding hydrogens is 564 g/mol. The van der Waals surface area contributed by atoms with Gasteiger partial charge in [-0.3, -0.25) is 9.35 Å². The summed E-state index contributed by atoms with van der Waals surface area (Å²) in [6.45, 7) is 1.53. The summed E-state index contributed by atoms with van der Waals surface area (Å²) in [5, 5.41) is 25.0. The van der Waals surface area contributed by atoms with E-state index in [1.165, 1.54) is 26.2 Å². The Morgan fingerprint density at radius 1 is 1.03 bits per heavy atom. The van der Waals surface area contributed by atoms with Gasteiger partial charge in [-0.15, -0.1) is 0 Å². The maximum absolute atomic E-state index is 13.4. The van der Waals surface area contributed by atoms with Gasteiger partial charge in [0.15, 0.2) is 0 Å². The first-order valence-electron chi connectivity index (χ1n) is 10.6. The summed E-state index contributed by atoms with van der Waals surface area (Å²) in [6.07, 6.45) is 0. The van der Waals surface area contributed by atoms with E-state index in [4.69, 9.17) is 27.9 Å². The monoisotopic (exact) mass is 581 g/mol. The van der Waals surface area contributed by atoms with Gasteiger partial charge in [0, 0.05) is 10.9 Å². The molecule has 13 heteroatoms. The number of hydrogen-bond donors (Lipinski definition) is 2. The number of methoxy groups -OCH3 is 1. The number of amides is 1. The molecule has 0 fully saturated rings. The predicted octanol–water partition coefficient (Wildman–Crippen LogP) is 3.46. The number of rotatable bonds is 6. The quantitative estimate of drug-likeness (QED) is 0.203. The topological polar surface area (TPSA) is 140 Å². The molecule has 190 valence electrons. The summed E-state index contributed by atoms with van der Waals surface area (Å²) in [7, 11) is -3.19. The predicted molar refractivity (Wildman–Crippen MR) is 140 cm³/mol. The number of nitrogens with one attached hydrogen (secondary N) is 1. The molecule has 1 amide bonds. The molecule has 4 aromatic carbocycles. The molecule has 0 unspecified atom stereocenters. The number of halogens is 2. The van der Waals surface area contributed by atoms with Gasteiger partial charge in [0.2, 0.25) is 0 Å². The van der Waals surface area contributed by atoms with Gasteiger partial charge in [0.05, 0.1) is 29.2 Å². The van der Waals surface area contributed by atoms with Crippen LogP contribution in [0.4, 0.5) is 17.1 Å². The van der Waals surface area contributed by atoms with Crippen molar-refractivity contribution in [2.24, 2.45) is 10.2 Å². The second-order valence-corrected chi connectivity index (χ2v) is 9.99. The van der Waals surface area contributed by atoms with Crippen molar-refractivity contribution in [2.75, 3.05) is 12.4 Å². The van der Waals surface area contributed by atoms with Crippen LogP contribution in [-0.4, -0.2) is 26.0 Å². The van der Waals surface area contributed by atoms with Crippen LogP contribution < -0.4 is 44.7 Å². The van der Waals surface area contributed by atoms with E-state index >= 15 is 0 Å². The van der Waals surface area contributed by atoms with Crippen LogP contribution >= 0.6 is 23.2 Å². The number of aryl methyl sites for hydroxylation is 1. The fourth-order valence-electron chi connectivity index (χ4n) is 3.60. The summed E-state index contributed by atoms with van der Waals surface area (Å²) in [5.74, 6) is -1.09. The van der Waals surface area contributed by atoms with Crippen molar-refractivity contribution in [1.29, 1.82) is 0 Å². The zero-order valence-electron chi connectivity index (χ0n) is 20.3. The van der Waals surface area contributed by atoms with Crippen molar-refractivity contribution in [2.45, 2.75) is 11.8 Å². The standard InChI is InChI=1S/C25H19Cl2N3O6S.Na/c1-13-10-15(12-20(21(13)26)37(33,34)35)29-30-23-16-7-4-3-6-14(16)11-17(24(23)31)25(32)28-18-8-5-9-19(36-2)22(18)27;/h3-12,31H,1-2H3,(H,28,32)(H,33,34,35);/q;+1/p-1. The number of carbonyl (C=O) groups excluding carboxylic acids is 1. The molecule has 38 heavy (non-hydrogen) atoms. The van der Waals surface area contributed by atoms with Gasteiger partial charge in [-0.25, -0.2) is 0 Å². The number of hydrogen-bond acceptors (Lipinski definition) is 7. The average Bonchev–Trinajstić information content (AvgIpc) is 2.85. The number of ether oxygens (including phenoxy) is 1. The molecule has 0 bridgehead atoms. The van der Waals surface area contributed by atoms with Gasteiger partial charge in [-0.05, 0) is 48.2 Å². The van der Waals surface area contributed by atoms with E-state index < -0.39 is 26.7 Å². The van der Waals surface area contributed by atoms with E-state index in [-0.39, 0.29) is 62.2 Å². The Hall–Kier alpha value is -2.70.